The summed E-state index contributed by atoms with van der Waals surface area (Å²) in [6.45, 7) is 0.485. The van der Waals surface area contributed by atoms with Crippen LogP contribution in [0.5, 0.6) is 0 Å². The van der Waals surface area contributed by atoms with Gasteiger partial charge in [0.2, 0.25) is 5.82 Å². The Hall–Kier alpha value is -2.43. The van der Waals surface area contributed by atoms with Crippen LogP contribution in [-0.4, -0.2) is 12.0 Å². The molecule has 0 N–H and O–H groups in total. The van der Waals surface area contributed by atoms with Crippen molar-refractivity contribution in [1.82, 2.24) is 0 Å². The summed E-state index contributed by atoms with van der Waals surface area (Å²) >= 11 is 0. The lowest BCUT2D eigenvalue weighted by Crippen LogP contribution is -2.16. The Kier molecular flexibility index (Phi) is 3.75. The third-order valence-electron chi connectivity index (χ3n) is 2.83. The number of para-hydroxylation sites is 1. The Morgan fingerprint density at radius 3 is 2.47 bits per heavy atom. The monoisotopic (exact) mass is 260 g/mol. The lowest BCUT2D eigenvalue weighted by Gasteiger charge is -2.19. The molecule has 0 spiro atoms. The number of nitro benzene ring substituents is 1. The summed E-state index contributed by atoms with van der Waals surface area (Å²) in [5.41, 5.74) is 1.20. The molecule has 0 atom stereocenters. The Morgan fingerprint density at radius 1 is 1.21 bits per heavy atom. The standard InChI is InChI=1S/C14H13FN2O2/c1-16(12-5-3-2-4-6-12)10-11-7-8-14(17(18)19)13(15)9-11/h2-9H,10H2,1H3. The van der Waals surface area contributed by atoms with Crippen LogP contribution in [0.15, 0.2) is 48.5 Å². The molecule has 0 radical (unpaired) electrons. The molecule has 5 heteroatoms. The van der Waals surface area contributed by atoms with E-state index in [-0.39, 0.29) is 0 Å². The smallest absolute Gasteiger partial charge is 0.304 e. The topological polar surface area (TPSA) is 46.4 Å². The Morgan fingerprint density at radius 2 is 1.89 bits per heavy atom. The highest BCUT2D eigenvalue weighted by atomic mass is 19.1. The van der Waals surface area contributed by atoms with E-state index in [9.17, 15) is 14.5 Å². The highest BCUT2D eigenvalue weighted by Crippen LogP contribution is 2.20. The number of rotatable bonds is 4. The second-order valence-electron chi connectivity index (χ2n) is 4.23. The van der Waals surface area contributed by atoms with Gasteiger partial charge in [0.15, 0.2) is 0 Å². The average molecular weight is 260 g/mol. The quantitative estimate of drug-likeness (QED) is 0.625. The zero-order valence-electron chi connectivity index (χ0n) is 10.4. The van der Waals surface area contributed by atoms with Gasteiger partial charge in [-0.25, -0.2) is 0 Å². The Bertz CT molecular complexity index is 587. The normalized spacial score (nSPS) is 10.2. The molecule has 4 nitrogen and oxygen atoms in total. The largest absolute Gasteiger partial charge is 0.370 e. The van der Waals surface area contributed by atoms with E-state index < -0.39 is 16.4 Å². The molecule has 0 aromatic heterocycles. The van der Waals surface area contributed by atoms with Crippen molar-refractivity contribution >= 4 is 11.4 Å². The van der Waals surface area contributed by atoms with E-state index in [1.54, 1.807) is 6.07 Å². The average Bonchev–Trinajstić information content (AvgIpc) is 2.39. The van der Waals surface area contributed by atoms with E-state index in [4.69, 9.17) is 0 Å². The van der Waals surface area contributed by atoms with Crippen LogP contribution < -0.4 is 4.90 Å². The zero-order valence-corrected chi connectivity index (χ0v) is 10.4. The van der Waals surface area contributed by atoms with Crippen LogP contribution in [-0.2, 0) is 6.54 Å². The van der Waals surface area contributed by atoms with Crippen molar-refractivity contribution in [2.24, 2.45) is 0 Å². The molecule has 0 bridgehead atoms. The van der Waals surface area contributed by atoms with Crippen molar-refractivity contribution < 1.29 is 9.31 Å². The summed E-state index contributed by atoms with van der Waals surface area (Å²) in [5.74, 6) is -0.802. The fourth-order valence-corrected chi connectivity index (χ4v) is 1.84. The SMILES string of the molecule is CN(Cc1ccc([N+](=O)[O-])c(F)c1)c1ccccc1. The zero-order chi connectivity index (χ0) is 13.8. The molecule has 0 heterocycles. The first kappa shape index (κ1) is 13.0. The van der Waals surface area contributed by atoms with Gasteiger partial charge in [0.1, 0.15) is 0 Å². The third kappa shape index (κ3) is 3.07. The summed E-state index contributed by atoms with van der Waals surface area (Å²) < 4.78 is 13.5. The number of hydrogen-bond acceptors (Lipinski definition) is 3. The Labute approximate surface area is 110 Å². The van der Waals surface area contributed by atoms with E-state index >= 15 is 0 Å². The summed E-state index contributed by atoms with van der Waals surface area (Å²) in [6, 6.07) is 13.6. The van der Waals surface area contributed by atoms with E-state index in [0.29, 0.717) is 12.1 Å². The van der Waals surface area contributed by atoms with Gasteiger partial charge >= 0.3 is 5.69 Å². The number of nitrogens with zero attached hydrogens (tertiary/aromatic N) is 2. The van der Waals surface area contributed by atoms with Crippen LogP contribution in [0.2, 0.25) is 0 Å². The maximum absolute atomic E-state index is 13.5. The lowest BCUT2D eigenvalue weighted by molar-refractivity contribution is -0.387. The molecule has 0 fully saturated rings. The summed E-state index contributed by atoms with van der Waals surface area (Å²) in [7, 11) is 1.88. The summed E-state index contributed by atoms with van der Waals surface area (Å²) in [4.78, 5) is 11.8. The number of halogens is 1. The molecular weight excluding hydrogens is 247 g/mol. The van der Waals surface area contributed by atoms with Crippen molar-refractivity contribution in [3.05, 3.63) is 70.0 Å². The lowest BCUT2D eigenvalue weighted by atomic mass is 10.2. The fraction of sp³-hybridized carbons (Fsp3) is 0.143. The molecule has 2 aromatic rings. The predicted octanol–water partition coefficient (Wildman–Crippen LogP) is 3.37. The van der Waals surface area contributed by atoms with E-state index in [0.717, 1.165) is 5.69 Å². The molecule has 0 aliphatic rings. The number of hydrogen-bond donors (Lipinski definition) is 0. The highest BCUT2D eigenvalue weighted by molar-refractivity contribution is 5.46. The third-order valence-corrected chi connectivity index (χ3v) is 2.83. The van der Waals surface area contributed by atoms with Crippen molar-refractivity contribution in [3.63, 3.8) is 0 Å². The van der Waals surface area contributed by atoms with Crippen molar-refractivity contribution in [3.8, 4) is 0 Å². The molecule has 0 amide bonds. The minimum Gasteiger partial charge on any atom is -0.370 e. The van der Waals surface area contributed by atoms with Gasteiger partial charge in [-0.3, -0.25) is 10.1 Å². The van der Waals surface area contributed by atoms with Crippen LogP contribution in [0, 0.1) is 15.9 Å². The fourth-order valence-electron chi connectivity index (χ4n) is 1.84. The van der Waals surface area contributed by atoms with Gasteiger partial charge < -0.3 is 4.90 Å². The molecule has 0 aliphatic heterocycles. The minimum absolute atomic E-state index is 0.485. The molecule has 2 rings (SSSR count). The summed E-state index contributed by atoms with van der Waals surface area (Å²) in [6.07, 6.45) is 0. The predicted molar refractivity (Wildman–Crippen MR) is 71.6 cm³/mol. The molecule has 0 saturated heterocycles. The van der Waals surface area contributed by atoms with E-state index in [1.165, 1.54) is 12.1 Å². The number of benzene rings is 2. The minimum atomic E-state index is -0.802. The van der Waals surface area contributed by atoms with Gasteiger partial charge in [0, 0.05) is 25.3 Å². The van der Waals surface area contributed by atoms with Crippen molar-refractivity contribution in [2.45, 2.75) is 6.54 Å². The van der Waals surface area contributed by atoms with E-state index in [1.807, 2.05) is 42.3 Å². The van der Waals surface area contributed by atoms with Crippen LogP contribution in [0.25, 0.3) is 0 Å². The van der Waals surface area contributed by atoms with Gasteiger partial charge in [0.25, 0.3) is 0 Å². The van der Waals surface area contributed by atoms with Gasteiger partial charge in [-0.2, -0.15) is 4.39 Å². The molecule has 0 unspecified atom stereocenters. The molecule has 2 aromatic carbocycles. The number of nitro groups is 1. The Balaban J connectivity index is 2.16. The van der Waals surface area contributed by atoms with Gasteiger partial charge in [-0.15, -0.1) is 0 Å². The van der Waals surface area contributed by atoms with Gasteiger partial charge in [-0.1, -0.05) is 24.3 Å². The first-order valence-electron chi connectivity index (χ1n) is 5.77. The van der Waals surface area contributed by atoms with Gasteiger partial charge in [0.05, 0.1) is 4.92 Å². The first-order valence-corrected chi connectivity index (χ1v) is 5.77. The second-order valence-corrected chi connectivity index (χ2v) is 4.23. The molecule has 0 saturated carbocycles. The first-order chi connectivity index (χ1) is 9.08. The summed E-state index contributed by atoms with van der Waals surface area (Å²) in [5, 5.41) is 10.5. The van der Waals surface area contributed by atoms with Crippen molar-refractivity contribution in [2.75, 3.05) is 11.9 Å². The van der Waals surface area contributed by atoms with Crippen LogP contribution in [0.3, 0.4) is 0 Å². The van der Waals surface area contributed by atoms with Crippen molar-refractivity contribution in [1.29, 1.82) is 0 Å². The highest BCUT2D eigenvalue weighted by Gasteiger charge is 2.14. The van der Waals surface area contributed by atoms with Gasteiger partial charge in [-0.05, 0) is 23.8 Å². The van der Waals surface area contributed by atoms with Crippen LogP contribution >= 0.6 is 0 Å². The molecule has 0 aliphatic carbocycles. The molecule has 19 heavy (non-hydrogen) atoms. The second kappa shape index (κ2) is 5.48. The maximum atomic E-state index is 13.5. The molecule has 98 valence electrons. The van der Waals surface area contributed by atoms with Crippen LogP contribution in [0.4, 0.5) is 15.8 Å². The maximum Gasteiger partial charge on any atom is 0.304 e. The van der Waals surface area contributed by atoms with Crippen LogP contribution in [0.1, 0.15) is 5.56 Å². The van der Waals surface area contributed by atoms with E-state index in [2.05, 4.69) is 0 Å². The molecular formula is C14H13FN2O2. The number of anilines is 1.